The molecule has 8 nitrogen and oxygen atoms in total. The lowest BCUT2D eigenvalue weighted by molar-refractivity contribution is 0.0864. The number of hydrogen-bond acceptors (Lipinski definition) is 7. The topological polar surface area (TPSA) is 97.3 Å². The lowest BCUT2D eigenvalue weighted by Crippen LogP contribution is -2.43. The Hall–Kier alpha value is -3.00. The van der Waals surface area contributed by atoms with Gasteiger partial charge >= 0.3 is 0 Å². The smallest absolute Gasteiger partial charge is 0.290 e. The van der Waals surface area contributed by atoms with E-state index < -0.39 is 0 Å². The van der Waals surface area contributed by atoms with Crippen molar-refractivity contribution in [3.05, 3.63) is 53.9 Å². The minimum atomic E-state index is -0.248. The lowest BCUT2D eigenvalue weighted by atomic mass is 9.80. The van der Waals surface area contributed by atoms with E-state index in [-0.39, 0.29) is 23.6 Å². The van der Waals surface area contributed by atoms with Gasteiger partial charge in [-0.25, -0.2) is 0 Å². The molecule has 2 aliphatic rings. The summed E-state index contributed by atoms with van der Waals surface area (Å²) in [5.41, 5.74) is 1.57. The van der Waals surface area contributed by atoms with Crippen molar-refractivity contribution in [3.63, 3.8) is 0 Å². The molecule has 1 aliphatic carbocycles. The molecule has 3 heterocycles. The van der Waals surface area contributed by atoms with Gasteiger partial charge in [0.25, 0.3) is 5.91 Å². The molecule has 144 valence electrons. The van der Waals surface area contributed by atoms with Crippen molar-refractivity contribution in [1.82, 2.24) is 25.6 Å². The van der Waals surface area contributed by atoms with Crippen LogP contribution in [0.3, 0.4) is 0 Å². The molecule has 0 spiro atoms. The van der Waals surface area contributed by atoms with Crippen LogP contribution in [0.25, 0.3) is 11.3 Å². The number of rotatable bonds is 5. The standard InChI is InChI=1S/C20H21N5O3/c1-25-10-14(11-25)20-23-22-19(27-20)13-7-15(8-13)21-18(26)17-9-16(24-28-17)12-5-3-2-4-6-12/h2-6,9,13-15H,7-8,10-11H2,1H3,(H,21,26)/t13-,15-. The number of nitrogens with one attached hydrogen (secondary N) is 1. The zero-order chi connectivity index (χ0) is 19.1. The van der Waals surface area contributed by atoms with Gasteiger partial charge in [0.1, 0.15) is 5.69 Å². The average Bonchev–Trinajstić information content (AvgIpc) is 3.32. The van der Waals surface area contributed by atoms with Crippen molar-refractivity contribution in [1.29, 1.82) is 0 Å². The Morgan fingerprint density at radius 3 is 2.54 bits per heavy atom. The van der Waals surface area contributed by atoms with Gasteiger partial charge in [0.05, 0.1) is 5.92 Å². The van der Waals surface area contributed by atoms with Gasteiger partial charge < -0.3 is 19.2 Å². The third kappa shape index (κ3) is 3.20. The summed E-state index contributed by atoms with van der Waals surface area (Å²) in [7, 11) is 2.07. The number of likely N-dealkylation sites (tertiary alicyclic amines) is 1. The summed E-state index contributed by atoms with van der Waals surface area (Å²) in [6.07, 6.45) is 1.58. The molecule has 3 aromatic rings. The van der Waals surface area contributed by atoms with E-state index in [1.807, 2.05) is 30.3 Å². The fraction of sp³-hybridized carbons (Fsp3) is 0.400. The number of carbonyl (C=O) groups excluding carboxylic acids is 1. The minimum absolute atomic E-state index is 0.0768. The molecule has 2 aromatic heterocycles. The van der Waals surface area contributed by atoms with Crippen molar-refractivity contribution in [3.8, 4) is 11.3 Å². The SMILES string of the molecule is CN1CC(c2nnc([C@H]3C[C@H](NC(=O)c4cc(-c5ccccc5)no4)C3)o2)C1. The van der Waals surface area contributed by atoms with E-state index in [0.717, 1.165) is 37.4 Å². The highest BCUT2D eigenvalue weighted by Crippen LogP contribution is 2.37. The van der Waals surface area contributed by atoms with E-state index in [1.54, 1.807) is 6.07 Å². The maximum Gasteiger partial charge on any atom is 0.290 e. The molecule has 1 saturated carbocycles. The van der Waals surface area contributed by atoms with Gasteiger partial charge in [-0.2, -0.15) is 0 Å². The summed E-state index contributed by atoms with van der Waals surface area (Å²) in [4.78, 5) is 14.6. The van der Waals surface area contributed by atoms with Gasteiger partial charge in [0.2, 0.25) is 17.5 Å². The van der Waals surface area contributed by atoms with Crippen LogP contribution < -0.4 is 5.32 Å². The molecule has 0 radical (unpaired) electrons. The Balaban J connectivity index is 1.15. The van der Waals surface area contributed by atoms with Crippen molar-refractivity contribution in [2.75, 3.05) is 20.1 Å². The highest BCUT2D eigenvalue weighted by molar-refractivity contribution is 5.92. The second kappa shape index (κ2) is 6.87. The number of likely N-dealkylation sites (N-methyl/N-ethyl adjacent to an activating group) is 1. The van der Waals surface area contributed by atoms with Crippen LogP contribution in [0.15, 0.2) is 45.3 Å². The largest absolute Gasteiger partial charge is 0.425 e. The van der Waals surface area contributed by atoms with Gasteiger partial charge in [-0.3, -0.25) is 4.79 Å². The lowest BCUT2D eigenvalue weighted by Gasteiger charge is -2.34. The third-order valence-corrected chi connectivity index (χ3v) is 5.50. The molecule has 2 fully saturated rings. The Morgan fingerprint density at radius 1 is 1.11 bits per heavy atom. The number of aromatic nitrogens is 3. The summed E-state index contributed by atoms with van der Waals surface area (Å²) in [6.45, 7) is 1.93. The van der Waals surface area contributed by atoms with Crippen LogP contribution >= 0.6 is 0 Å². The molecule has 1 aromatic carbocycles. The van der Waals surface area contributed by atoms with Crippen LogP contribution in [0.1, 0.15) is 47.0 Å². The van der Waals surface area contributed by atoms with Crippen molar-refractivity contribution >= 4 is 5.91 Å². The molecule has 28 heavy (non-hydrogen) atoms. The van der Waals surface area contributed by atoms with Gasteiger partial charge in [-0.15, -0.1) is 10.2 Å². The summed E-state index contributed by atoms with van der Waals surface area (Å²) in [5, 5.41) is 15.4. The van der Waals surface area contributed by atoms with Crippen molar-refractivity contribution in [2.24, 2.45) is 0 Å². The summed E-state index contributed by atoms with van der Waals surface area (Å²) in [5.74, 6) is 1.95. The third-order valence-electron chi connectivity index (χ3n) is 5.50. The molecular formula is C20H21N5O3. The highest BCUT2D eigenvalue weighted by atomic mass is 16.5. The number of benzene rings is 1. The van der Waals surface area contributed by atoms with E-state index >= 15 is 0 Å². The first kappa shape index (κ1) is 17.1. The monoisotopic (exact) mass is 379 g/mol. The fourth-order valence-corrected chi connectivity index (χ4v) is 3.75. The first-order valence-corrected chi connectivity index (χ1v) is 9.50. The van der Waals surface area contributed by atoms with E-state index in [2.05, 4.69) is 32.6 Å². The molecule has 1 saturated heterocycles. The summed E-state index contributed by atoms with van der Waals surface area (Å²) < 4.78 is 11.1. The highest BCUT2D eigenvalue weighted by Gasteiger charge is 2.37. The molecule has 5 rings (SSSR count). The van der Waals surface area contributed by atoms with Crippen molar-refractivity contribution < 1.29 is 13.7 Å². The maximum atomic E-state index is 12.4. The predicted molar refractivity (Wildman–Crippen MR) is 99.7 cm³/mol. The van der Waals surface area contributed by atoms with Crippen LogP contribution in [0, 0.1) is 0 Å². The first-order chi connectivity index (χ1) is 13.7. The Bertz CT molecular complexity index is 971. The quantitative estimate of drug-likeness (QED) is 0.727. The van der Waals surface area contributed by atoms with E-state index in [1.165, 1.54) is 0 Å². The van der Waals surface area contributed by atoms with Gasteiger partial charge in [-0.1, -0.05) is 35.5 Å². The van der Waals surface area contributed by atoms with Crippen molar-refractivity contribution in [2.45, 2.75) is 30.7 Å². The van der Waals surface area contributed by atoms with Crippen LogP contribution in [0.4, 0.5) is 0 Å². The van der Waals surface area contributed by atoms with Crippen LogP contribution in [-0.4, -0.2) is 52.3 Å². The number of amides is 1. The normalized spacial score (nSPS) is 22.5. The minimum Gasteiger partial charge on any atom is -0.425 e. The Morgan fingerprint density at radius 2 is 1.82 bits per heavy atom. The second-order valence-electron chi connectivity index (χ2n) is 7.68. The molecule has 0 bridgehead atoms. The number of nitrogens with zero attached hydrogens (tertiary/aromatic N) is 4. The average molecular weight is 379 g/mol. The second-order valence-corrected chi connectivity index (χ2v) is 7.68. The van der Waals surface area contributed by atoms with Crippen LogP contribution in [0.5, 0.6) is 0 Å². The Kier molecular flexibility index (Phi) is 4.20. The number of carbonyl (C=O) groups is 1. The molecule has 0 unspecified atom stereocenters. The zero-order valence-corrected chi connectivity index (χ0v) is 15.5. The van der Waals surface area contributed by atoms with Gasteiger partial charge in [0.15, 0.2) is 0 Å². The molecule has 1 N–H and O–H groups in total. The van der Waals surface area contributed by atoms with Crippen LogP contribution in [0.2, 0.25) is 0 Å². The molecule has 1 amide bonds. The number of hydrogen-bond donors (Lipinski definition) is 1. The zero-order valence-electron chi connectivity index (χ0n) is 15.5. The Labute approximate surface area is 161 Å². The maximum absolute atomic E-state index is 12.4. The summed E-state index contributed by atoms with van der Waals surface area (Å²) in [6, 6.07) is 11.4. The first-order valence-electron chi connectivity index (χ1n) is 9.50. The van der Waals surface area contributed by atoms with Gasteiger partial charge in [-0.05, 0) is 19.9 Å². The van der Waals surface area contributed by atoms with E-state index in [4.69, 9.17) is 8.94 Å². The van der Waals surface area contributed by atoms with Crippen LogP contribution in [-0.2, 0) is 0 Å². The van der Waals surface area contributed by atoms with Gasteiger partial charge in [0, 0.05) is 36.7 Å². The molecule has 8 heteroatoms. The predicted octanol–water partition coefficient (Wildman–Crippen LogP) is 2.43. The summed E-state index contributed by atoms with van der Waals surface area (Å²) >= 11 is 0. The molecule has 1 aliphatic heterocycles. The van der Waals surface area contributed by atoms with E-state index in [0.29, 0.717) is 17.5 Å². The molecule has 0 atom stereocenters. The van der Waals surface area contributed by atoms with E-state index in [9.17, 15) is 4.79 Å². The fourth-order valence-electron chi connectivity index (χ4n) is 3.75. The molecular weight excluding hydrogens is 358 g/mol.